The summed E-state index contributed by atoms with van der Waals surface area (Å²) in [6.45, 7) is 3.69. The second-order valence-corrected chi connectivity index (χ2v) is 7.51. The zero-order valence-electron chi connectivity index (χ0n) is 17.8. The lowest BCUT2D eigenvalue weighted by atomic mass is 10.1. The minimum absolute atomic E-state index is 0.202. The Hall–Kier alpha value is -3.61. The van der Waals surface area contributed by atoms with Crippen molar-refractivity contribution in [3.05, 3.63) is 71.0 Å². The summed E-state index contributed by atoms with van der Waals surface area (Å²) < 4.78 is 5.93. The molecule has 2 heterocycles. The zero-order chi connectivity index (χ0) is 21.8. The molecule has 0 fully saturated rings. The maximum atomic E-state index is 12.4. The Morgan fingerprint density at radius 2 is 1.65 bits per heavy atom. The van der Waals surface area contributed by atoms with Crippen molar-refractivity contribution >= 4 is 28.7 Å². The van der Waals surface area contributed by atoms with E-state index in [2.05, 4.69) is 28.6 Å². The first kappa shape index (κ1) is 20.7. The molecule has 0 radical (unpaired) electrons. The first-order chi connectivity index (χ1) is 15.1. The monoisotopic (exact) mass is 418 g/mol. The first-order valence-corrected chi connectivity index (χ1v) is 10.5. The van der Waals surface area contributed by atoms with Crippen LogP contribution in [0.5, 0.6) is 0 Å². The number of benzene rings is 2. The number of hydrogen-bond acceptors (Lipinski definition) is 4. The number of nitrogens with one attached hydrogen (secondary N) is 2. The predicted molar refractivity (Wildman–Crippen MR) is 120 cm³/mol. The Balaban J connectivity index is 1.22. The van der Waals surface area contributed by atoms with Gasteiger partial charge in [-0.3, -0.25) is 19.5 Å². The van der Waals surface area contributed by atoms with Crippen LogP contribution in [-0.4, -0.2) is 42.8 Å². The number of fused-ring (bicyclic) bond motifs is 2. The minimum atomic E-state index is -0.202. The Bertz CT molecular complexity index is 1110. The van der Waals surface area contributed by atoms with Crippen LogP contribution in [0.3, 0.4) is 0 Å². The Morgan fingerprint density at radius 1 is 0.968 bits per heavy atom. The van der Waals surface area contributed by atoms with Gasteiger partial charge in [-0.2, -0.15) is 0 Å². The van der Waals surface area contributed by atoms with Gasteiger partial charge < -0.3 is 15.1 Å². The Labute approximate surface area is 181 Å². The Morgan fingerprint density at radius 3 is 2.32 bits per heavy atom. The van der Waals surface area contributed by atoms with Gasteiger partial charge in [0.1, 0.15) is 11.3 Å². The molecular weight excluding hydrogens is 392 g/mol. The molecule has 0 unspecified atom stereocenters. The Kier molecular flexibility index (Phi) is 6.02. The smallest absolute Gasteiger partial charge is 0.261 e. The molecule has 7 heteroatoms. The average molecular weight is 418 g/mol. The summed E-state index contributed by atoms with van der Waals surface area (Å²) in [6.07, 6.45) is 1.52. The van der Waals surface area contributed by atoms with Gasteiger partial charge >= 0.3 is 0 Å². The normalized spacial score (nSPS) is 13.7. The van der Waals surface area contributed by atoms with Crippen LogP contribution in [0.15, 0.2) is 57.9 Å². The number of guanidine groups is 1. The lowest BCUT2D eigenvalue weighted by Crippen LogP contribution is -2.37. The molecular formula is C24H26N4O3. The van der Waals surface area contributed by atoms with E-state index in [1.165, 1.54) is 4.90 Å². The fraction of sp³-hybridized carbons (Fsp3) is 0.292. The van der Waals surface area contributed by atoms with Crippen molar-refractivity contribution in [3.8, 4) is 0 Å². The van der Waals surface area contributed by atoms with Gasteiger partial charge in [0.2, 0.25) is 0 Å². The molecule has 0 spiro atoms. The molecule has 1 aliphatic rings. The van der Waals surface area contributed by atoms with E-state index in [1.807, 2.05) is 18.2 Å². The van der Waals surface area contributed by atoms with E-state index >= 15 is 0 Å². The zero-order valence-corrected chi connectivity index (χ0v) is 17.8. The van der Waals surface area contributed by atoms with Crippen LogP contribution in [0, 0.1) is 6.92 Å². The largest absolute Gasteiger partial charge is 0.459 e. The van der Waals surface area contributed by atoms with Gasteiger partial charge in [0.25, 0.3) is 11.8 Å². The van der Waals surface area contributed by atoms with Crippen molar-refractivity contribution in [2.45, 2.75) is 26.3 Å². The van der Waals surface area contributed by atoms with Gasteiger partial charge in [-0.1, -0.05) is 30.3 Å². The van der Waals surface area contributed by atoms with Crippen LogP contribution in [0.1, 0.15) is 44.9 Å². The van der Waals surface area contributed by atoms with Gasteiger partial charge in [-0.15, -0.1) is 0 Å². The van der Waals surface area contributed by atoms with Gasteiger partial charge in [-0.05, 0) is 38.0 Å². The number of aryl methyl sites for hydroxylation is 1. The summed E-state index contributed by atoms with van der Waals surface area (Å²) in [4.78, 5) is 30.4. The summed E-state index contributed by atoms with van der Waals surface area (Å²) >= 11 is 0. The summed E-state index contributed by atoms with van der Waals surface area (Å²) in [6, 6.07) is 15.0. The molecule has 2 N–H and O–H groups in total. The molecule has 160 valence electrons. The molecule has 4 rings (SSSR count). The molecule has 7 nitrogen and oxygen atoms in total. The standard InChI is InChI=1S/C24H26N4O3/c1-16-17-9-5-6-12-20(17)31-21(16)15-27-24(25-2)26-13-7-8-14-28-22(29)18-10-3-4-11-19(18)23(28)30/h3-6,9-12H,7-8,13-15H2,1-2H3,(H2,25,26,27). The highest BCUT2D eigenvalue weighted by Gasteiger charge is 2.34. The third-order valence-electron chi connectivity index (χ3n) is 5.56. The average Bonchev–Trinajstić information content (AvgIpc) is 3.24. The highest BCUT2D eigenvalue weighted by Crippen LogP contribution is 2.25. The van der Waals surface area contributed by atoms with E-state index in [4.69, 9.17) is 4.42 Å². The minimum Gasteiger partial charge on any atom is -0.459 e. The first-order valence-electron chi connectivity index (χ1n) is 10.5. The number of aliphatic imine (C=N–C) groups is 1. The van der Waals surface area contributed by atoms with Gasteiger partial charge in [-0.25, -0.2) is 0 Å². The summed E-state index contributed by atoms with van der Waals surface area (Å²) in [5, 5.41) is 7.66. The number of furan rings is 1. The SMILES string of the molecule is CN=C(NCCCCN1C(=O)c2ccccc2C1=O)NCc1oc2ccccc2c1C. The molecule has 0 atom stereocenters. The van der Waals surface area contributed by atoms with Gasteiger partial charge in [0.05, 0.1) is 17.7 Å². The molecule has 1 aliphatic heterocycles. The van der Waals surface area contributed by atoms with Crippen molar-refractivity contribution in [3.63, 3.8) is 0 Å². The molecule has 2 amide bonds. The molecule has 0 aliphatic carbocycles. The molecule has 0 bridgehead atoms. The highest BCUT2D eigenvalue weighted by molar-refractivity contribution is 6.21. The summed E-state index contributed by atoms with van der Waals surface area (Å²) in [5.41, 5.74) is 3.00. The maximum absolute atomic E-state index is 12.4. The number of carbonyl (C=O) groups is 2. The number of hydrogen-bond donors (Lipinski definition) is 2. The highest BCUT2D eigenvalue weighted by atomic mass is 16.3. The quantitative estimate of drug-likeness (QED) is 0.265. The van der Waals surface area contributed by atoms with Gasteiger partial charge in [0.15, 0.2) is 5.96 Å². The third kappa shape index (κ3) is 4.17. The van der Waals surface area contributed by atoms with Crippen molar-refractivity contribution in [2.75, 3.05) is 20.1 Å². The van der Waals surface area contributed by atoms with E-state index in [9.17, 15) is 9.59 Å². The van der Waals surface area contributed by atoms with Crippen molar-refractivity contribution < 1.29 is 14.0 Å². The second kappa shape index (κ2) is 9.04. The summed E-state index contributed by atoms with van der Waals surface area (Å²) in [5.74, 6) is 1.16. The van der Waals surface area contributed by atoms with Crippen LogP contribution in [0.25, 0.3) is 11.0 Å². The van der Waals surface area contributed by atoms with Crippen LogP contribution >= 0.6 is 0 Å². The van der Waals surface area contributed by atoms with E-state index in [0.29, 0.717) is 36.7 Å². The fourth-order valence-corrected chi connectivity index (χ4v) is 3.82. The topological polar surface area (TPSA) is 86.9 Å². The molecule has 31 heavy (non-hydrogen) atoms. The number of para-hydroxylation sites is 1. The van der Waals surface area contributed by atoms with Crippen LogP contribution in [0.4, 0.5) is 0 Å². The fourth-order valence-electron chi connectivity index (χ4n) is 3.82. The number of unbranched alkanes of at least 4 members (excludes halogenated alkanes) is 1. The van der Waals surface area contributed by atoms with E-state index in [0.717, 1.165) is 35.1 Å². The lowest BCUT2D eigenvalue weighted by Gasteiger charge is -2.14. The van der Waals surface area contributed by atoms with Crippen LogP contribution in [0.2, 0.25) is 0 Å². The molecule has 0 saturated heterocycles. The number of amides is 2. The molecule has 0 saturated carbocycles. The summed E-state index contributed by atoms with van der Waals surface area (Å²) in [7, 11) is 1.72. The molecule has 1 aromatic heterocycles. The number of rotatable bonds is 7. The van der Waals surface area contributed by atoms with Gasteiger partial charge in [0, 0.05) is 31.1 Å². The van der Waals surface area contributed by atoms with Crippen molar-refractivity contribution in [1.29, 1.82) is 0 Å². The van der Waals surface area contributed by atoms with Crippen LogP contribution < -0.4 is 10.6 Å². The number of carbonyl (C=O) groups excluding carboxylic acids is 2. The van der Waals surface area contributed by atoms with E-state index in [1.54, 1.807) is 31.3 Å². The van der Waals surface area contributed by atoms with Crippen LogP contribution in [-0.2, 0) is 6.54 Å². The maximum Gasteiger partial charge on any atom is 0.261 e. The predicted octanol–water partition coefficient (Wildman–Crippen LogP) is 3.48. The molecule has 3 aromatic rings. The number of imide groups is 1. The number of nitrogens with zero attached hydrogens (tertiary/aromatic N) is 2. The van der Waals surface area contributed by atoms with Crippen molar-refractivity contribution in [1.82, 2.24) is 15.5 Å². The molecule has 2 aromatic carbocycles. The third-order valence-corrected chi connectivity index (χ3v) is 5.56. The lowest BCUT2D eigenvalue weighted by molar-refractivity contribution is 0.0652. The van der Waals surface area contributed by atoms with Crippen molar-refractivity contribution in [2.24, 2.45) is 4.99 Å². The van der Waals surface area contributed by atoms with E-state index < -0.39 is 0 Å². The van der Waals surface area contributed by atoms with E-state index in [-0.39, 0.29) is 11.8 Å². The second-order valence-electron chi connectivity index (χ2n) is 7.51.